The molecule has 0 amide bonds. The number of rotatable bonds is 4. The van der Waals surface area contributed by atoms with Crippen LogP contribution < -0.4 is 0 Å². The zero-order chi connectivity index (χ0) is 21.7. The van der Waals surface area contributed by atoms with Crippen molar-refractivity contribution < 1.29 is 0 Å². The zero-order valence-corrected chi connectivity index (χ0v) is 17.7. The van der Waals surface area contributed by atoms with E-state index in [9.17, 15) is 0 Å². The summed E-state index contributed by atoms with van der Waals surface area (Å²) in [5, 5.41) is 3.67. The molecule has 32 heavy (non-hydrogen) atoms. The molecular formula is C30H22N2. The number of hydrogen-bond acceptors (Lipinski definition) is 0. The quantitative estimate of drug-likeness (QED) is 0.302. The molecule has 0 aliphatic carbocycles. The fourth-order valence-corrected chi connectivity index (χ4v) is 4.81. The first-order chi connectivity index (χ1) is 15.8. The van der Waals surface area contributed by atoms with E-state index in [2.05, 4.69) is 108 Å². The fraction of sp³-hybridized carbons (Fsp3) is 0. The van der Waals surface area contributed by atoms with Gasteiger partial charge in [-0.15, -0.1) is 0 Å². The molecule has 0 spiro atoms. The van der Waals surface area contributed by atoms with E-state index < -0.39 is 0 Å². The Kier molecular flexibility index (Phi) is 4.12. The van der Waals surface area contributed by atoms with Crippen molar-refractivity contribution in [2.45, 2.75) is 0 Å². The molecule has 6 aromatic rings. The molecule has 0 saturated heterocycles. The third kappa shape index (κ3) is 2.67. The van der Waals surface area contributed by atoms with E-state index >= 15 is 0 Å². The monoisotopic (exact) mass is 410 g/mol. The number of para-hydroxylation sites is 2. The minimum Gasteiger partial charge on any atom is -0.355 e. The summed E-state index contributed by atoms with van der Waals surface area (Å²) in [6, 6.07) is 32.2. The first kappa shape index (κ1) is 18.5. The maximum Gasteiger partial charge on any atom is 0.0541 e. The molecule has 2 aromatic heterocycles. The Balaban J connectivity index is 1.59. The molecule has 0 saturated carbocycles. The van der Waals surface area contributed by atoms with Crippen molar-refractivity contribution in [1.29, 1.82) is 0 Å². The van der Waals surface area contributed by atoms with E-state index in [0.29, 0.717) is 0 Å². The molecule has 2 heterocycles. The highest BCUT2D eigenvalue weighted by Crippen LogP contribution is 2.36. The number of hydrogen-bond donors (Lipinski definition) is 1. The van der Waals surface area contributed by atoms with Gasteiger partial charge in [0.25, 0.3) is 0 Å². The van der Waals surface area contributed by atoms with Gasteiger partial charge in [0, 0.05) is 38.4 Å². The molecule has 0 radical (unpaired) electrons. The number of nitrogens with zero attached hydrogens (tertiary/aromatic N) is 1. The largest absolute Gasteiger partial charge is 0.355 e. The van der Waals surface area contributed by atoms with E-state index in [-0.39, 0.29) is 0 Å². The lowest BCUT2D eigenvalue weighted by atomic mass is 10.00. The maximum atomic E-state index is 4.10. The average molecular weight is 411 g/mol. The van der Waals surface area contributed by atoms with Crippen LogP contribution in [0.25, 0.3) is 61.7 Å². The lowest BCUT2D eigenvalue weighted by molar-refractivity contribution is 1.11. The SMILES string of the molecule is C=Cc1c(C=C)n(-c2ccccc2)c2ccc(-c3ccc4[nH]c5ccccc5c4c3)cc12. The average Bonchev–Trinajstić information content (AvgIpc) is 3.38. The third-order valence-electron chi connectivity index (χ3n) is 6.30. The number of aromatic amines is 1. The highest BCUT2D eigenvalue weighted by molar-refractivity contribution is 6.08. The van der Waals surface area contributed by atoms with Gasteiger partial charge in [-0.25, -0.2) is 0 Å². The van der Waals surface area contributed by atoms with E-state index in [1.807, 2.05) is 18.2 Å². The van der Waals surface area contributed by atoms with Gasteiger partial charge >= 0.3 is 0 Å². The lowest BCUT2D eigenvalue weighted by Gasteiger charge is -2.09. The summed E-state index contributed by atoms with van der Waals surface area (Å²) >= 11 is 0. The van der Waals surface area contributed by atoms with Crippen molar-refractivity contribution in [2.24, 2.45) is 0 Å². The lowest BCUT2D eigenvalue weighted by Crippen LogP contribution is -1.96. The van der Waals surface area contributed by atoms with Crippen LogP contribution in [-0.4, -0.2) is 9.55 Å². The summed E-state index contributed by atoms with van der Waals surface area (Å²) in [5.74, 6) is 0. The number of fused-ring (bicyclic) bond motifs is 4. The van der Waals surface area contributed by atoms with E-state index in [0.717, 1.165) is 28.0 Å². The van der Waals surface area contributed by atoms with Crippen molar-refractivity contribution >= 4 is 44.9 Å². The van der Waals surface area contributed by atoms with Crippen molar-refractivity contribution in [1.82, 2.24) is 9.55 Å². The molecule has 0 atom stereocenters. The van der Waals surface area contributed by atoms with Crippen LogP contribution in [0.2, 0.25) is 0 Å². The van der Waals surface area contributed by atoms with Gasteiger partial charge < -0.3 is 9.55 Å². The number of nitrogens with one attached hydrogen (secondary N) is 1. The van der Waals surface area contributed by atoms with Gasteiger partial charge in [0.05, 0.1) is 11.2 Å². The topological polar surface area (TPSA) is 20.7 Å². The molecule has 0 aliphatic heterocycles. The molecule has 0 fully saturated rings. The number of aromatic nitrogens is 2. The minimum atomic E-state index is 1.06. The minimum absolute atomic E-state index is 1.06. The van der Waals surface area contributed by atoms with Gasteiger partial charge in [0.1, 0.15) is 0 Å². The van der Waals surface area contributed by atoms with Gasteiger partial charge in [-0.05, 0) is 59.7 Å². The van der Waals surface area contributed by atoms with Gasteiger partial charge in [-0.1, -0.05) is 67.8 Å². The summed E-state index contributed by atoms with van der Waals surface area (Å²) in [5.41, 5.74) is 9.15. The van der Waals surface area contributed by atoms with Crippen LogP contribution >= 0.6 is 0 Å². The van der Waals surface area contributed by atoms with Gasteiger partial charge in [0.2, 0.25) is 0 Å². The Morgan fingerprint density at radius 1 is 0.625 bits per heavy atom. The smallest absolute Gasteiger partial charge is 0.0541 e. The van der Waals surface area contributed by atoms with E-state index in [4.69, 9.17) is 0 Å². The Bertz CT molecular complexity index is 1650. The summed E-state index contributed by atoms with van der Waals surface area (Å²) in [6.07, 6.45) is 3.85. The van der Waals surface area contributed by atoms with Crippen LogP contribution in [0.15, 0.2) is 104 Å². The van der Waals surface area contributed by atoms with Crippen molar-refractivity contribution in [3.8, 4) is 16.8 Å². The van der Waals surface area contributed by atoms with Crippen molar-refractivity contribution in [3.05, 3.63) is 115 Å². The van der Waals surface area contributed by atoms with Crippen molar-refractivity contribution in [2.75, 3.05) is 0 Å². The summed E-state index contributed by atoms with van der Waals surface area (Å²) < 4.78 is 2.26. The Hall–Kier alpha value is -4.30. The number of H-pyrrole nitrogens is 1. The molecule has 1 N–H and O–H groups in total. The van der Waals surface area contributed by atoms with Crippen LogP contribution in [0.5, 0.6) is 0 Å². The number of benzene rings is 4. The standard InChI is InChI=1S/C30H22N2/c1-3-23-26-19-21(15-17-30(26)32(29(23)4-2)22-10-6-5-7-11-22)20-14-16-28-25(18-20)24-12-8-9-13-27(24)31-28/h3-19,31H,1-2H2. The molecule has 0 aliphatic rings. The second-order valence-electron chi connectivity index (χ2n) is 8.04. The third-order valence-corrected chi connectivity index (χ3v) is 6.30. The van der Waals surface area contributed by atoms with E-state index in [1.54, 1.807) is 0 Å². The summed E-state index contributed by atoms with van der Waals surface area (Å²) in [7, 11) is 0. The second-order valence-corrected chi connectivity index (χ2v) is 8.04. The van der Waals surface area contributed by atoms with Crippen LogP contribution in [0.3, 0.4) is 0 Å². The van der Waals surface area contributed by atoms with Crippen LogP contribution in [-0.2, 0) is 0 Å². The van der Waals surface area contributed by atoms with Crippen LogP contribution in [0, 0.1) is 0 Å². The molecule has 6 rings (SSSR count). The van der Waals surface area contributed by atoms with Gasteiger partial charge in [0.15, 0.2) is 0 Å². The summed E-state index contributed by atoms with van der Waals surface area (Å²) in [4.78, 5) is 3.51. The van der Waals surface area contributed by atoms with Crippen molar-refractivity contribution in [3.63, 3.8) is 0 Å². The first-order valence-corrected chi connectivity index (χ1v) is 10.8. The molecule has 4 aromatic carbocycles. The van der Waals surface area contributed by atoms with Crippen LogP contribution in [0.4, 0.5) is 0 Å². The molecular weight excluding hydrogens is 388 g/mol. The molecule has 2 nitrogen and oxygen atoms in total. The van der Waals surface area contributed by atoms with Gasteiger partial charge in [-0.2, -0.15) is 0 Å². The van der Waals surface area contributed by atoms with Gasteiger partial charge in [-0.3, -0.25) is 0 Å². The first-order valence-electron chi connectivity index (χ1n) is 10.8. The Morgan fingerprint density at radius 2 is 1.31 bits per heavy atom. The second kappa shape index (κ2) is 7.14. The zero-order valence-electron chi connectivity index (χ0n) is 17.7. The maximum absolute atomic E-state index is 4.10. The van der Waals surface area contributed by atoms with Crippen LogP contribution in [0.1, 0.15) is 11.3 Å². The highest BCUT2D eigenvalue weighted by Gasteiger charge is 2.15. The normalized spacial score (nSPS) is 11.4. The van der Waals surface area contributed by atoms with E-state index in [1.165, 1.54) is 32.8 Å². The molecule has 152 valence electrons. The predicted molar refractivity (Wildman–Crippen MR) is 138 cm³/mol. The molecule has 0 unspecified atom stereocenters. The predicted octanol–water partition coefficient (Wildman–Crippen LogP) is 8.22. The highest BCUT2D eigenvalue weighted by atomic mass is 15.0. The molecule has 0 bridgehead atoms. The Labute approximate surface area is 186 Å². The summed E-state index contributed by atoms with van der Waals surface area (Å²) in [6.45, 7) is 8.19. The molecule has 2 heteroatoms. The Morgan fingerprint density at radius 3 is 2.09 bits per heavy atom. The fourth-order valence-electron chi connectivity index (χ4n) is 4.81.